The van der Waals surface area contributed by atoms with Crippen LogP contribution in [0, 0.1) is 0 Å². The summed E-state index contributed by atoms with van der Waals surface area (Å²) in [6, 6.07) is 2.47. The first-order valence-electron chi connectivity index (χ1n) is 12.8. The highest BCUT2D eigenvalue weighted by molar-refractivity contribution is 7.92. The molecule has 37 heavy (non-hydrogen) atoms. The lowest BCUT2D eigenvalue weighted by Crippen LogP contribution is -2.36. The zero-order valence-corrected chi connectivity index (χ0v) is 22.9. The first-order valence-corrected chi connectivity index (χ1v) is 14.4. The van der Waals surface area contributed by atoms with Crippen LogP contribution in [0.25, 0.3) is 22.3 Å². The van der Waals surface area contributed by atoms with Gasteiger partial charge in [0.25, 0.3) is 5.56 Å². The van der Waals surface area contributed by atoms with Crippen molar-refractivity contribution >= 4 is 32.8 Å². The Kier molecular flexibility index (Phi) is 8.08. The van der Waals surface area contributed by atoms with Crippen molar-refractivity contribution in [2.45, 2.75) is 71.0 Å². The molecule has 3 aromatic rings. The van der Waals surface area contributed by atoms with E-state index in [1.807, 2.05) is 13.8 Å². The van der Waals surface area contributed by atoms with Crippen LogP contribution < -0.4 is 15.6 Å². The number of pyridine rings is 1. The van der Waals surface area contributed by atoms with E-state index in [-0.39, 0.29) is 23.2 Å². The molecule has 1 aliphatic carbocycles. The van der Waals surface area contributed by atoms with Gasteiger partial charge in [0.1, 0.15) is 5.65 Å². The van der Waals surface area contributed by atoms with Gasteiger partial charge in [0.15, 0.2) is 5.82 Å². The summed E-state index contributed by atoms with van der Waals surface area (Å²) in [5.41, 5.74) is 1.01. The SMILES string of the molecule is CCCS(=O)(=O)Nc1cnc(-c2cc3cnc(NC4CCC(N(C)C)CC4)nc3n(C(C)C)c2=O)cn1. The molecule has 0 radical (unpaired) electrons. The minimum atomic E-state index is -3.48. The van der Waals surface area contributed by atoms with E-state index >= 15 is 0 Å². The van der Waals surface area contributed by atoms with Gasteiger partial charge in [-0.25, -0.2) is 18.4 Å². The van der Waals surface area contributed by atoms with Gasteiger partial charge in [-0.1, -0.05) is 6.92 Å². The number of hydrogen-bond acceptors (Lipinski definition) is 9. The molecule has 0 saturated heterocycles. The number of fused-ring (bicyclic) bond motifs is 1. The fourth-order valence-electron chi connectivity index (χ4n) is 4.77. The molecule has 0 bridgehead atoms. The van der Waals surface area contributed by atoms with Gasteiger partial charge in [-0.3, -0.25) is 19.1 Å². The molecule has 3 aromatic heterocycles. The minimum absolute atomic E-state index is 0.00556. The second kappa shape index (κ2) is 11.1. The molecule has 200 valence electrons. The minimum Gasteiger partial charge on any atom is -0.351 e. The number of hydrogen-bond donors (Lipinski definition) is 2. The summed E-state index contributed by atoms with van der Waals surface area (Å²) in [6.45, 7) is 5.64. The zero-order chi connectivity index (χ0) is 26.7. The van der Waals surface area contributed by atoms with E-state index in [1.165, 1.54) is 12.4 Å². The van der Waals surface area contributed by atoms with E-state index in [0.717, 1.165) is 25.7 Å². The van der Waals surface area contributed by atoms with Crippen LogP contribution in [-0.2, 0) is 10.0 Å². The molecule has 3 heterocycles. The van der Waals surface area contributed by atoms with Crippen LogP contribution in [-0.4, -0.2) is 69.8 Å². The Morgan fingerprint density at radius 1 is 1.08 bits per heavy atom. The quantitative estimate of drug-likeness (QED) is 0.429. The van der Waals surface area contributed by atoms with E-state index in [4.69, 9.17) is 4.98 Å². The Morgan fingerprint density at radius 3 is 2.41 bits per heavy atom. The molecule has 0 spiro atoms. The number of nitrogens with zero attached hydrogens (tertiary/aromatic N) is 6. The van der Waals surface area contributed by atoms with Gasteiger partial charge in [-0.05, 0) is 66.1 Å². The van der Waals surface area contributed by atoms with E-state index in [2.05, 4.69) is 44.0 Å². The zero-order valence-electron chi connectivity index (χ0n) is 22.1. The number of sulfonamides is 1. The Labute approximate surface area is 217 Å². The van der Waals surface area contributed by atoms with Gasteiger partial charge in [0, 0.05) is 29.7 Å². The maximum Gasteiger partial charge on any atom is 0.261 e. The summed E-state index contributed by atoms with van der Waals surface area (Å²) >= 11 is 0. The summed E-state index contributed by atoms with van der Waals surface area (Å²) in [4.78, 5) is 33.5. The average Bonchev–Trinajstić information content (AvgIpc) is 2.84. The molecular formula is C25H36N8O3S. The fourth-order valence-corrected chi connectivity index (χ4v) is 5.83. The largest absolute Gasteiger partial charge is 0.351 e. The first-order chi connectivity index (χ1) is 17.6. The lowest BCUT2D eigenvalue weighted by atomic mass is 9.91. The molecule has 1 saturated carbocycles. The molecule has 0 unspecified atom stereocenters. The van der Waals surface area contributed by atoms with Gasteiger partial charge < -0.3 is 10.2 Å². The Hall–Kier alpha value is -3.12. The summed E-state index contributed by atoms with van der Waals surface area (Å²) in [5.74, 6) is 0.626. The molecular weight excluding hydrogens is 492 g/mol. The van der Waals surface area contributed by atoms with Crippen LogP contribution in [0.2, 0.25) is 0 Å². The third kappa shape index (κ3) is 6.24. The first kappa shape index (κ1) is 26.9. The van der Waals surface area contributed by atoms with E-state index < -0.39 is 10.0 Å². The van der Waals surface area contributed by atoms with Gasteiger partial charge in [0.2, 0.25) is 16.0 Å². The van der Waals surface area contributed by atoms with Crippen molar-refractivity contribution in [1.29, 1.82) is 0 Å². The highest BCUT2D eigenvalue weighted by Gasteiger charge is 2.23. The Morgan fingerprint density at radius 2 is 1.81 bits per heavy atom. The standard InChI is InChI=1S/C25H36N8O3S/c1-6-11-37(35,36)31-22-15-26-21(14-27-22)20-12-17-13-28-25(30-23(17)33(16(2)3)24(20)34)29-18-7-9-19(10-8-18)32(4)5/h12-16,18-19H,6-11H2,1-5H3,(H,27,31)(H,28,29,30). The molecule has 0 amide bonds. The number of aromatic nitrogens is 5. The molecule has 1 aliphatic rings. The lowest BCUT2D eigenvalue weighted by molar-refractivity contribution is 0.221. The highest BCUT2D eigenvalue weighted by Crippen LogP contribution is 2.25. The van der Waals surface area contributed by atoms with Crippen LogP contribution in [0.4, 0.5) is 11.8 Å². The van der Waals surface area contributed by atoms with Crippen molar-refractivity contribution in [3.63, 3.8) is 0 Å². The highest BCUT2D eigenvalue weighted by atomic mass is 32.2. The third-order valence-corrected chi connectivity index (χ3v) is 8.18. The monoisotopic (exact) mass is 528 g/mol. The molecule has 4 rings (SSSR count). The maximum atomic E-state index is 13.5. The van der Waals surface area contributed by atoms with Gasteiger partial charge in [-0.15, -0.1) is 0 Å². The maximum absolute atomic E-state index is 13.5. The topological polar surface area (TPSA) is 135 Å². The summed E-state index contributed by atoms with van der Waals surface area (Å²) in [6.07, 6.45) is 9.27. The van der Waals surface area contributed by atoms with Crippen molar-refractivity contribution in [2.75, 3.05) is 29.9 Å². The second-order valence-electron chi connectivity index (χ2n) is 10.1. The lowest BCUT2D eigenvalue weighted by Gasteiger charge is -2.33. The smallest absolute Gasteiger partial charge is 0.261 e. The molecule has 11 nitrogen and oxygen atoms in total. The normalized spacial score (nSPS) is 18.5. The summed E-state index contributed by atoms with van der Waals surface area (Å²) < 4.78 is 28.1. The molecule has 12 heteroatoms. The van der Waals surface area contributed by atoms with Crippen molar-refractivity contribution in [3.05, 3.63) is 35.0 Å². The second-order valence-corrected chi connectivity index (χ2v) is 12.0. The van der Waals surface area contributed by atoms with Crippen molar-refractivity contribution in [3.8, 4) is 11.3 Å². The molecule has 2 N–H and O–H groups in total. The van der Waals surface area contributed by atoms with E-state index in [1.54, 1.807) is 23.8 Å². The number of rotatable bonds is 9. The van der Waals surface area contributed by atoms with E-state index in [0.29, 0.717) is 46.7 Å². The predicted octanol–water partition coefficient (Wildman–Crippen LogP) is 3.27. The number of anilines is 2. The molecule has 0 aliphatic heterocycles. The van der Waals surface area contributed by atoms with Crippen LogP contribution in [0.15, 0.2) is 29.5 Å². The van der Waals surface area contributed by atoms with Crippen LogP contribution >= 0.6 is 0 Å². The van der Waals surface area contributed by atoms with Gasteiger partial charge in [-0.2, -0.15) is 4.98 Å². The fraction of sp³-hybridized carbons (Fsp3) is 0.560. The van der Waals surface area contributed by atoms with Crippen LogP contribution in [0.3, 0.4) is 0 Å². The Balaban J connectivity index is 1.62. The Bertz CT molecular complexity index is 1400. The van der Waals surface area contributed by atoms with Gasteiger partial charge >= 0.3 is 0 Å². The average molecular weight is 529 g/mol. The van der Waals surface area contributed by atoms with Crippen molar-refractivity contribution < 1.29 is 8.42 Å². The van der Waals surface area contributed by atoms with Gasteiger partial charge in [0.05, 0.1) is 29.4 Å². The van der Waals surface area contributed by atoms with Crippen LogP contribution in [0.5, 0.6) is 0 Å². The molecule has 0 atom stereocenters. The predicted molar refractivity (Wildman–Crippen MR) is 146 cm³/mol. The summed E-state index contributed by atoms with van der Waals surface area (Å²) in [5, 5.41) is 4.17. The summed E-state index contributed by atoms with van der Waals surface area (Å²) in [7, 11) is 0.767. The molecule has 1 fully saturated rings. The van der Waals surface area contributed by atoms with Crippen LogP contribution in [0.1, 0.15) is 58.9 Å². The molecule has 0 aromatic carbocycles. The van der Waals surface area contributed by atoms with E-state index in [9.17, 15) is 13.2 Å². The van der Waals surface area contributed by atoms with Crippen molar-refractivity contribution in [2.24, 2.45) is 0 Å². The third-order valence-electron chi connectivity index (χ3n) is 6.71. The van der Waals surface area contributed by atoms with Crippen molar-refractivity contribution in [1.82, 2.24) is 29.4 Å². The number of nitrogens with one attached hydrogen (secondary N) is 2.